The van der Waals surface area contributed by atoms with Gasteiger partial charge in [0.15, 0.2) is 0 Å². The molecule has 0 saturated carbocycles. The van der Waals surface area contributed by atoms with Gasteiger partial charge in [-0.05, 0) is 20.8 Å². The van der Waals surface area contributed by atoms with Gasteiger partial charge in [-0.3, -0.25) is 4.90 Å². The second-order valence-corrected chi connectivity index (χ2v) is 3.38. The summed E-state index contributed by atoms with van der Waals surface area (Å²) in [7, 11) is 1.46. The van der Waals surface area contributed by atoms with Crippen LogP contribution in [0.4, 0.5) is 4.79 Å². The number of carbonyl (C=O) groups is 2. The van der Waals surface area contributed by atoms with E-state index in [1.165, 1.54) is 7.05 Å². The van der Waals surface area contributed by atoms with Gasteiger partial charge in [-0.2, -0.15) is 0 Å². The number of hydrogen-bond donors (Lipinski definition) is 0. The van der Waals surface area contributed by atoms with Crippen LogP contribution in [0.3, 0.4) is 0 Å². The second-order valence-electron chi connectivity index (χ2n) is 3.38. The summed E-state index contributed by atoms with van der Waals surface area (Å²) in [5.41, 5.74) is -0.526. The number of amides is 1. The molecule has 0 bridgehead atoms. The molecule has 0 unspecified atom stereocenters. The third kappa shape index (κ3) is 4.71. The monoisotopic (exact) mass is 172 g/mol. The van der Waals surface area contributed by atoms with E-state index in [1.54, 1.807) is 20.8 Å². The number of likely N-dealkylation sites (N-methyl/N-ethyl adjacent to an activating group) is 1. The molecule has 0 aliphatic rings. The SMILES string of the molecule is CN([CH]C=O)C(=O)OC(C)(C)C. The molecule has 0 rings (SSSR count). The summed E-state index contributed by atoms with van der Waals surface area (Å²) < 4.78 is 4.95. The number of aldehydes is 1. The zero-order valence-electron chi connectivity index (χ0n) is 7.83. The average Bonchev–Trinajstić information content (AvgIpc) is 1.84. The molecule has 1 amide bonds. The van der Waals surface area contributed by atoms with Crippen molar-refractivity contribution in [1.82, 2.24) is 4.90 Å². The maximum atomic E-state index is 11.1. The summed E-state index contributed by atoms with van der Waals surface area (Å²) in [5.74, 6) is 0. The molecule has 0 N–H and O–H groups in total. The molecule has 0 saturated heterocycles. The van der Waals surface area contributed by atoms with Crippen molar-refractivity contribution in [3.8, 4) is 0 Å². The van der Waals surface area contributed by atoms with Crippen molar-refractivity contribution >= 4 is 12.4 Å². The molecule has 69 valence electrons. The van der Waals surface area contributed by atoms with Gasteiger partial charge in [-0.25, -0.2) is 4.79 Å². The third-order valence-corrected chi connectivity index (χ3v) is 0.966. The molecule has 0 aromatic carbocycles. The molecule has 0 aliphatic carbocycles. The van der Waals surface area contributed by atoms with Gasteiger partial charge in [-0.1, -0.05) is 0 Å². The van der Waals surface area contributed by atoms with Crippen molar-refractivity contribution in [3.63, 3.8) is 0 Å². The van der Waals surface area contributed by atoms with Crippen LogP contribution in [0.15, 0.2) is 0 Å². The highest BCUT2D eigenvalue weighted by atomic mass is 16.6. The largest absolute Gasteiger partial charge is 0.444 e. The molecular weight excluding hydrogens is 158 g/mol. The van der Waals surface area contributed by atoms with E-state index in [0.717, 1.165) is 11.4 Å². The Bertz CT molecular complexity index is 172. The summed E-state index contributed by atoms with van der Waals surface area (Å²) in [4.78, 5) is 22.1. The lowest BCUT2D eigenvalue weighted by Gasteiger charge is -2.23. The van der Waals surface area contributed by atoms with Gasteiger partial charge < -0.3 is 9.53 Å². The highest BCUT2D eigenvalue weighted by molar-refractivity contribution is 5.74. The predicted octanol–water partition coefficient (Wildman–Crippen LogP) is 1.21. The Morgan fingerprint density at radius 1 is 1.42 bits per heavy atom. The molecule has 0 aromatic heterocycles. The zero-order chi connectivity index (χ0) is 9.78. The van der Waals surface area contributed by atoms with Crippen LogP contribution in [0.5, 0.6) is 0 Å². The molecule has 4 heteroatoms. The first kappa shape index (κ1) is 10.9. The second kappa shape index (κ2) is 4.09. The van der Waals surface area contributed by atoms with Crippen LogP contribution in [-0.4, -0.2) is 29.9 Å². The summed E-state index contributed by atoms with van der Waals surface area (Å²) in [6.07, 6.45) is -0.00111. The summed E-state index contributed by atoms with van der Waals surface area (Å²) in [6, 6.07) is 0. The fraction of sp³-hybridized carbons (Fsp3) is 0.625. The first-order valence-electron chi connectivity index (χ1n) is 3.61. The molecule has 12 heavy (non-hydrogen) atoms. The molecule has 0 fully saturated rings. The van der Waals surface area contributed by atoms with E-state index < -0.39 is 11.7 Å². The normalized spacial score (nSPS) is 10.7. The standard InChI is InChI=1S/C8H14NO3/c1-8(2,3)12-7(11)9(4)5-6-10/h5-6H,1-4H3. The Balaban J connectivity index is 3.95. The Morgan fingerprint density at radius 3 is 2.25 bits per heavy atom. The van der Waals surface area contributed by atoms with E-state index in [0.29, 0.717) is 6.29 Å². The molecule has 4 nitrogen and oxygen atoms in total. The van der Waals surface area contributed by atoms with Crippen LogP contribution in [0.2, 0.25) is 0 Å². The quantitative estimate of drug-likeness (QED) is 0.588. The Kier molecular flexibility index (Phi) is 3.73. The van der Waals surface area contributed by atoms with Crippen LogP contribution >= 0.6 is 0 Å². The van der Waals surface area contributed by atoms with Gasteiger partial charge in [0.25, 0.3) is 0 Å². The van der Waals surface area contributed by atoms with E-state index in [1.807, 2.05) is 0 Å². The van der Waals surface area contributed by atoms with Crippen molar-refractivity contribution in [3.05, 3.63) is 6.54 Å². The first-order valence-corrected chi connectivity index (χ1v) is 3.61. The van der Waals surface area contributed by atoms with Gasteiger partial charge in [0.1, 0.15) is 18.4 Å². The molecule has 0 atom stereocenters. The Labute approximate surface area is 72.5 Å². The third-order valence-electron chi connectivity index (χ3n) is 0.966. The van der Waals surface area contributed by atoms with Gasteiger partial charge in [0, 0.05) is 7.05 Å². The maximum Gasteiger partial charge on any atom is 0.410 e. The van der Waals surface area contributed by atoms with E-state index in [9.17, 15) is 9.59 Å². The molecule has 0 heterocycles. The number of ether oxygens (including phenoxy) is 1. The van der Waals surface area contributed by atoms with E-state index >= 15 is 0 Å². The average molecular weight is 172 g/mol. The summed E-state index contributed by atoms with van der Waals surface area (Å²) in [6.45, 7) is 6.40. The van der Waals surface area contributed by atoms with Crippen molar-refractivity contribution in [2.45, 2.75) is 26.4 Å². The van der Waals surface area contributed by atoms with Gasteiger partial charge in [0.2, 0.25) is 0 Å². The lowest BCUT2D eigenvalue weighted by molar-refractivity contribution is -0.106. The van der Waals surface area contributed by atoms with Crippen molar-refractivity contribution in [1.29, 1.82) is 0 Å². The molecule has 0 spiro atoms. The number of carbonyl (C=O) groups excluding carboxylic acids is 2. The van der Waals surface area contributed by atoms with Crippen LogP contribution in [0, 0.1) is 6.54 Å². The lowest BCUT2D eigenvalue weighted by atomic mass is 10.2. The molecular formula is C8H14NO3. The minimum Gasteiger partial charge on any atom is -0.444 e. The van der Waals surface area contributed by atoms with E-state index in [-0.39, 0.29) is 0 Å². The van der Waals surface area contributed by atoms with Crippen LogP contribution in [0.1, 0.15) is 20.8 Å². The fourth-order valence-electron chi connectivity index (χ4n) is 0.486. The van der Waals surface area contributed by atoms with Crippen molar-refractivity contribution < 1.29 is 14.3 Å². The molecule has 0 aliphatic heterocycles. The number of rotatable bonds is 2. The smallest absolute Gasteiger partial charge is 0.410 e. The minimum absolute atomic E-state index is 0.526. The summed E-state index contributed by atoms with van der Waals surface area (Å²) in [5, 5.41) is 0. The molecule has 1 radical (unpaired) electrons. The Morgan fingerprint density at radius 2 is 1.92 bits per heavy atom. The van der Waals surface area contributed by atoms with Gasteiger partial charge >= 0.3 is 6.09 Å². The van der Waals surface area contributed by atoms with Crippen molar-refractivity contribution in [2.24, 2.45) is 0 Å². The van der Waals surface area contributed by atoms with Gasteiger partial charge in [-0.15, -0.1) is 0 Å². The van der Waals surface area contributed by atoms with E-state index in [2.05, 4.69) is 0 Å². The lowest BCUT2D eigenvalue weighted by Crippen LogP contribution is -2.32. The van der Waals surface area contributed by atoms with Crippen LogP contribution in [0.25, 0.3) is 0 Å². The highest BCUT2D eigenvalue weighted by Crippen LogP contribution is 2.08. The van der Waals surface area contributed by atoms with E-state index in [4.69, 9.17) is 4.74 Å². The minimum atomic E-state index is -0.533. The highest BCUT2D eigenvalue weighted by Gasteiger charge is 2.18. The zero-order valence-corrected chi connectivity index (χ0v) is 7.83. The predicted molar refractivity (Wildman–Crippen MR) is 44.4 cm³/mol. The van der Waals surface area contributed by atoms with Gasteiger partial charge in [0.05, 0.1) is 0 Å². The van der Waals surface area contributed by atoms with Crippen molar-refractivity contribution in [2.75, 3.05) is 7.05 Å². The number of nitrogens with zero attached hydrogens (tertiary/aromatic N) is 1. The Hall–Kier alpha value is -1.06. The summed E-state index contributed by atoms with van der Waals surface area (Å²) >= 11 is 0. The maximum absolute atomic E-state index is 11.1. The topological polar surface area (TPSA) is 46.6 Å². The molecule has 0 aromatic rings. The fourth-order valence-corrected chi connectivity index (χ4v) is 0.486. The van der Waals surface area contributed by atoms with Crippen LogP contribution in [-0.2, 0) is 9.53 Å². The first-order chi connectivity index (χ1) is 5.37. The van der Waals surface area contributed by atoms with Crippen LogP contribution < -0.4 is 0 Å². The number of hydrogen-bond acceptors (Lipinski definition) is 3.